The van der Waals surface area contributed by atoms with Crippen molar-refractivity contribution in [2.75, 3.05) is 0 Å². The van der Waals surface area contributed by atoms with Gasteiger partial charge in [-0.15, -0.1) is 0 Å². The largest absolute Gasteiger partial charge is 0.465 e. The standard InChI is InChI=1S/C23H25NO5/c1-22(2)9-15(25)20-17(11-22)29-18-12-23(3,4)10-16(26)21(18)19(20)13-6-5-7-14(8-13)24(27)28/h5-8,19H,9-12H2,1-4H3. The fraction of sp³-hybridized carbons (Fsp3) is 0.478. The highest BCUT2D eigenvalue weighted by Crippen LogP contribution is 2.53. The monoisotopic (exact) mass is 395 g/mol. The van der Waals surface area contributed by atoms with Crippen molar-refractivity contribution < 1.29 is 19.2 Å². The molecule has 2 aliphatic carbocycles. The summed E-state index contributed by atoms with van der Waals surface area (Å²) in [5.41, 5.74) is 1.09. The fourth-order valence-corrected chi connectivity index (χ4v) is 4.83. The molecule has 4 rings (SSSR count). The predicted molar refractivity (Wildman–Crippen MR) is 107 cm³/mol. The van der Waals surface area contributed by atoms with Crippen LogP contribution in [0.25, 0.3) is 0 Å². The van der Waals surface area contributed by atoms with E-state index in [-0.39, 0.29) is 28.1 Å². The zero-order valence-corrected chi connectivity index (χ0v) is 17.2. The molecule has 152 valence electrons. The van der Waals surface area contributed by atoms with Crippen LogP contribution in [0.2, 0.25) is 0 Å². The molecule has 3 aliphatic rings. The third-order valence-electron chi connectivity index (χ3n) is 6.00. The summed E-state index contributed by atoms with van der Waals surface area (Å²) in [7, 11) is 0. The van der Waals surface area contributed by atoms with Crippen LogP contribution in [0.5, 0.6) is 0 Å². The second kappa shape index (κ2) is 6.37. The van der Waals surface area contributed by atoms with E-state index in [0.29, 0.717) is 53.9 Å². The molecule has 0 aromatic heterocycles. The highest BCUT2D eigenvalue weighted by molar-refractivity contribution is 6.06. The number of Topliss-reactive ketones (excluding diaryl/α,β-unsaturated/α-hetero) is 2. The van der Waals surface area contributed by atoms with Gasteiger partial charge < -0.3 is 4.74 Å². The van der Waals surface area contributed by atoms with Crippen LogP contribution in [0.3, 0.4) is 0 Å². The van der Waals surface area contributed by atoms with Gasteiger partial charge in [0.2, 0.25) is 0 Å². The van der Waals surface area contributed by atoms with E-state index in [9.17, 15) is 19.7 Å². The van der Waals surface area contributed by atoms with Crippen molar-refractivity contribution in [2.45, 2.75) is 59.3 Å². The molecular weight excluding hydrogens is 370 g/mol. The maximum absolute atomic E-state index is 13.1. The highest BCUT2D eigenvalue weighted by Gasteiger charge is 2.47. The Balaban J connectivity index is 1.93. The number of hydrogen-bond acceptors (Lipinski definition) is 5. The number of allylic oxidation sites excluding steroid dienone is 4. The lowest BCUT2D eigenvalue weighted by molar-refractivity contribution is -0.384. The molecule has 0 bridgehead atoms. The van der Waals surface area contributed by atoms with Crippen LogP contribution in [0, 0.1) is 20.9 Å². The first-order valence-electron chi connectivity index (χ1n) is 9.92. The normalized spacial score (nSPS) is 23.4. The molecule has 6 heteroatoms. The van der Waals surface area contributed by atoms with E-state index in [4.69, 9.17) is 4.74 Å². The van der Waals surface area contributed by atoms with E-state index < -0.39 is 10.8 Å². The third-order valence-corrected chi connectivity index (χ3v) is 6.00. The van der Waals surface area contributed by atoms with Gasteiger partial charge >= 0.3 is 0 Å². The van der Waals surface area contributed by atoms with Gasteiger partial charge in [0, 0.05) is 54.9 Å². The quantitative estimate of drug-likeness (QED) is 0.520. The van der Waals surface area contributed by atoms with E-state index in [0.717, 1.165) is 0 Å². The van der Waals surface area contributed by atoms with Gasteiger partial charge in [-0.2, -0.15) is 0 Å². The van der Waals surface area contributed by atoms with Gasteiger partial charge in [-0.3, -0.25) is 19.7 Å². The molecule has 0 radical (unpaired) electrons. The van der Waals surface area contributed by atoms with Gasteiger partial charge in [-0.25, -0.2) is 0 Å². The number of hydrogen-bond donors (Lipinski definition) is 0. The molecule has 0 spiro atoms. The highest BCUT2D eigenvalue weighted by atomic mass is 16.6. The molecule has 0 atom stereocenters. The zero-order valence-electron chi connectivity index (χ0n) is 17.2. The van der Waals surface area contributed by atoms with Crippen LogP contribution < -0.4 is 0 Å². The summed E-state index contributed by atoms with van der Waals surface area (Å²) < 4.78 is 6.22. The minimum atomic E-state index is -0.596. The van der Waals surface area contributed by atoms with E-state index >= 15 is 0 Å². The number of carbonyl (C=O) groups excluding carboxylic acids is 2. The minimum absolute atomic E-state index is 0.0445. The van der Waals surface area contributed by atoms with Crippen LogP contribution in [-0.2, 0) is 14.3 Å². The Morgan fingerprint density at radius 3 is 1.93 bits per heavy atom. The molecule has 0 amide bonds. The number of ketones is 2. The second-order valence-corrected chi connectivity index (χ2v) is 9.94. The first kappa shape index (κ1) is 19.6. The Labute approximate surface area is 169 Å². The fourth-order valence-electron chi connectivity index (χ4n) is 4.83. The van der Waals surface area contributed by atoms with Gasteiger partial charge in [0.1, 0.15) is 11.5 Å². The average molecular weight is 395 g/mol. The number of benzene rings is 1. The van der Waals surface area contributed by atoms with Crippen LogP contribution in [0.1, 0.15) is 64.9 Å². The van der Waals surface area contributed by atoms with E-state index in [1.54, 1.807) is 12.1 Å². The van der Waals surface area contributed by atoms with Gasteiger partial charge in [0.25, 0.3) is 5.69 Å². The zero-order chi connectivity index (χ0) is 21.1. The minimum Gasteiger partial charge on any atom is -0.465 e. The lowest BCUT2D eigenvalue weighted by Crippen LogP contribution is -2.37. The lowest BCUT2D eigenvalue weighted by atomic mass is 9.65. The third kappa shape index (κ3) is 3.41. The Bertz CT molecular complexity index is 960. The molecule has 29 heavy (non-hydrogen) atoms. The van der Waals surface area contributed by atoms with Crippen molar-refractivity contribution in [3.05, 3.63) is 62.6 Å². The number of ether oxygens (including phenoxy) is 1. The van der Waals surface area contributed by atoms with Crippen molar-refractivity contribution in [3.63, 3.8) is 0 Å². The van der Waals surface area contributed by atoms with E-state index in [1.165, 1.54) is 12.1 Å². The number of nitrogens with zero attached hydrogens (tertiary/aromatic N) is 1. The summed E-state index contributed by atoms with van der Waals surface area (Å²) in [6, 6.07) is 6.27. The smallest absolute Gasteiger partial charge is 0.269 e. The molecule has 1 aromatic rings. The van der Waals surface area contributed by atoms with Crippen molar-refractivity contribution in [3.8, 4) is 0 Å². The number of nitro groups is 1. The Hall–Kier alpha value is -2.76. The van der Waals surface area contributed by atoms with Crippen molar-refractivity contribution in [1.29, 1.82) is 0 Å². The van der Waals surface area contributed by atoms with Gasteiger partial charge in [-0.1, -0.05) is 39.8 Å². The Morgan fingerprint density at radius 2 is 1.45 bits per heavy atom. The Morgan fingerprint density at radius 1 is 0.931 bits per heavy atom. The molecule has 0 fully saturated rings. The molecule has 0 unspecified atom stereocenters. The molecular formula is C23H25NO5. The summed E-state index contributed by atoms with van der Waals surface area (Å²) in [6.07, 6.45) is 1.93. The van der Waals surface area contributed by atoms with Gasteiger partial charge in [-0.05, 0) is 16.4 Å². The molecule has 6 nitrogen and oxygen atoms in total. The van der Waals surface area contributed by atoms with Gasteiger partial charge in [0.15, 0.2) is 11.6 Å². The molecule has 1 heterocycles. The summed E-state index contributed by atoms with van der Waals surface area (Å²) in [5.74, 6) is 0.550. The number of rotatable bonds is 2. The lowest BCUT2D eigenvalue weighted by Gasteiger charge is -2.42. The molecule has 0 N–H and O–H groups in total. The average Bonchev–Trinajstić information content (AvgIpc) is 2.57. The topological polar surface area (TPSA) is 86.5 Å². The van der Waals surface area contributed by atoms with Crippen LogP contribution in [-0.4, -0.2) is 16.5 Å². The van der Waals surface area contributed by atoms with Crippen LogP contribution in [0.4, 0.5) is 5.69 Å². The number of carbonyl (C=O) groups is 2. The number of non-ortho nitro benzene ring substituents is 1. The SMILES string of the molecule is CC1(C)CC(=O)C2=C(C1)OC1=C(C(=O)CC(C)(C)C1)C2c1cccc([N+](=O)[O-])c1. The molecule has 1 aliphatic heterocycles. The first-order chi connectivity index (χ1) is 13.5. The molecule has 1 aromatic carbocycles. The summed E-state index contributed by atoms with van der Waals surface area (Å²) in [4.78, 5) is 37.2. The van der Waals surface area contributed by atoms with Crippen LogP contribution >= 0.6 is 0 Å². The maximum atomic E-state index is 13.1. The van der Waals surface area contributed by atoms with Crippen molar-refractivity contribution in [2.24, 2.45) is 10.8 Å². The van der Waals surface area contributed by atoms with E-state index in [1.807, 2.05) is 27.7 Å². The Kier molecular flexibility index (Phi) is 4.30. The maximum Gasteiger partial charge on any atom is 0.269 e. The molecule has 0 saturated heterocycles. The van der Waals surface area contributed by atoms with Crippen LogP contribution in [0.15, 0.2) is 46.9 Å². The van der Waals surface area contributed by atoms with Gasteiger partial charge in [0.05, 0.1) is 4.92 Å². The second-order valence-electron chi connectivity index (χ2n) is 9.94. The summed E-state index contributed by atoms with van der Waals surface area (Å²) in [6.45, 7) is 8.11. The first-order valence-corrected chi connectivity index (χ1v) is 9.92. The molecule has 0 saturated carbocycles. The predicted octanol–water partition coefficient (Wildman–Crippen LogP) is 5.00. The summed E-state index contributed by atoms with van der Waals surface area (Å²) >= 11 is 0. The number of nitro benzene ring substituents is 1. The van der Waals surface area contributed by atoms with Crippen molar-refractivity contribution >= 4 is 17.3 Å². The van der Waals surface area contributed by atoms with Crippen molar-refractivity contribution in [1.82, 2.24) is 0 Å². The van der Waals surface area contributed by atoms with E-state index in [2.05, 4.69) is 0 Å². The summed E-state index contributed by atoms with van der Waals surface area (Å²) in [5, 5.41) is 11.3.